The topological polar surface area (TPSA) is 101 Å². The Labute approximate surface area is 247 Å². The highest BCUT2D eigenvalue weighted by atomic mass is 35.5. The van der Waals surface area contributed by atoms with Crippen LogP contribution in [-0.4, -0.2) is 45.6 Å². The van der Waals surface area contributed by atoms with Crippen molar-refractivity contribution in [1.82, 2.24) is 14.9 Å². The van der Waals surface area contributed by atoms with Crippen LogP contribution in [-0.2, 0) is 30.4 Å². The van der Waals surface area contributed by atoms with E-state index in [0.29, 0.717) is 27.9 Å². The van der Waals surface area contributed by atoms with E-state index in [-0.39, 0.29) is 47.5 Å². The normalized spacial score (nSPS) is 15.3. The number of benzene rings is 1. The van der Waals surface area contributed by atoms with E-state index in [1.165, 1.54) is 28.4 Å². The average Bonchev–Trinajstić information content (AvgIpc) is 3.39. The molecule has 216 valence electrons. The van der Waals surface area contributed by atoms with Crippen LogP contribution < -0.4 is 10.1 Å². The first-order chi connectivity index (χ1) is 20.0. The molecule has 0 fully saturated rings. The quantitative estimate of drug-likeness (QED) is 0.280. The maximum atomic E-state index is 13.6. The maximum Gasteiger partial charge on any atom is 0.421 e. The molecule has 2 amide bonds. The van der Waals surface area contributed by atoms with E-state index in [1.54, 1.807) is 35.8 Å². The molecule has 1 aliphatic heterocycles. The third kappa shape index (κ3) is 6.14. The zero-order valence-electron chi connectivity index (χ0n) is 21.9. The second-order valence-electron chi connectivity index (χ2n) is 9.43. The fourth-order valence-corrected chi connectivity index (χ4v) is 5.81. The Bertz CT molecular complexity index is 1660. The first kappa shape index (κ1) is 29.2. The van der Waals surface area contributed by atoms with E-state index in [1.807, 2.05) is 6.07 Å². The van der Waals surface area contributed by atoms with E-state index in [2.05, 4.69) is 15.3 Å². The number of hydrogen-bond acceptors (Lipinski definition) is 7. The molecule has 0 bridgehead atoms. The molecule has 3 aromatic heterocycles. The van der Waals surface area contributed by atoms with Gasteiger partial charge in [0.15, 0.2) is 5.78 Å². The summed E-state index contributed by atoms with van der Waals surface area (Å²) in [5.74, 6) is -1.78. The maximum absolute atomic E-state index is 13.6. The van der Waals surface area contributed by atoms with Crippen molar-refractivity contribution in [2.24, 2.45) is 0 Å². The second kappa shape index (κ2) is 11.9. The summed E-state index contributed by atoms with van der Waals surface area (Å²) in [7, 11) is 1.08. The van der Waals surface area contributed by atoms with Gasteiger partial charge in [-0.05, 0) is 46.8 Å². The van der Waals surface area contributed by atoms with Gasteiger partial charge in [0.1, 0.15) is 17.1 Å². The van der Waals surface area contributed by atoms with Crippen LogP contribution in [0.25, 0.3) is 0 Å². The van der Waals surface area contributed by atoms with Crippen LogP contribution in [0.15, 0.2) is 66.3 Å². The largest absolute Gasteiger partial charge is 0.496 e. The van der Waals surface area contributed by atoms with Crippen molar-refractivity contribution in [1.29, 1.82) is 0 Å². The zero-order valence-corrected chi connectivity index (χ0v) is 23.5. The summed E-state index contributed by atoms with van der Waals surface area (Å²) >= 11 is 7.72. The third-order valence-electron chi connectivity index (χ3n) is 6.71. The van der Waals surface area contributed by atoms with Gasteiger partial charge in [-0.15, -0.1) is 11.3 Å². The predicted molar refractivity (Wildman–Crippen MR) is 150 cm³/mol. The van der Waals surface area contributed by atoms with Crippen LogP contribution in [0.1, 0.15) is 42.4 Å². The lowest BCUT2D eigenvalue weighted by molar-refractivity contribution is -0.139. The predicted octanol–water partition coefficient (Wildman–Crippen LogP) is 5.85. The number of carbonyl (C=O) groups is 3. The number of carbonyl (C=O) groups excluding carboxylic acids is 3. The Balaban J connectivity index is 1.38. The van der Waals surface area contributed by atoms with Gasteiger partial charge in [0.25, 0.3) is 11.8 Å². The zero-order chi connectivity index (χ0) is 30.0. The van der Waals surface area contributed by atoms with Crippen molar-refractivity contribution in [2.45, 2.75) is 31.6 Å². The number of amides is 2. The summed E-state index contributed by atoms with van der Waals surface area (Å²) in [6.45, 7) is 0.0404. The van der Waals surface area contributed by atoms with Crippen molar-refractivity contribution in [2.75, 3.05) is 12.4 Å². The first-order valence-corrected chi connectivity index (χ1v) is 13.8. The number of alkyl halides is 3. The Morgan fingerprint density at radius 1 is 1.17 bits per heavy atom. The van der Waals surface area contributed by atoms with Crippen molar-refractivity contribution in [3.05, 3.63) is 104 Å². The van der Waals surface area contributed by atoms with Crippen molar-refractivity contribution >= 4 is 46.4 Å². The molecule has 4 aromatic rings. The highest BCUT2D eigenvalue weighted by molar-refractivity contribution is 7.12. The van der Waals surface area contributed by atoms with Crippen molar-refractivity contribution in [3.63, 3.8) is 0 Å². The standard InChI is InChI=1S/C29H22ClF3N4O4S/c1-41-24-13-25(35-14-20(24)29(31,32)33)36-27(39)19-6-5-16(10-21(19)30)15-37-22(12-18-4-2-3-8-34-18)23(38)11-17-7-9-42-26(17)28(37)40/h2-10,13-14,22H,11-12,15H2,1H3,(H,35,36,39). The molecule has 5 rings (SSSR count). The number of rotatable bonds is 7. The van der Waals surface area contributed by atoms with Gasteiger partial charge in [0.2, 0.25) is 0 Å². The summed E-state index contributed by atoms with van der Waals surface area (Å²) in [6, 6.07) is 11.9. The van der Waals surface area contributed by atoms with Crippen LogP contribution in [0.4, 0.5) is 19.0 Å². The van der Waals surface area contributed by atoms with E-state index in [4.69, 9.17) is 16.3 Å². The minimum absolute atomic E-state index is 0.0323. The smallest absolute Gasteiger partial charge is 0.421 e. The number of ketones is 1. The van der Waals surface area contributed by atoms with Gasteiger partial charge in [-0.1, -0.05) is 23.7 Å². The summed E-state index contributed by atoms with van der Waals surface area (Å²) < 4.78 is 44.2. The Kier molecular flexibility index (Phi) is 8.28. The number of anilines is 1. The minimum Gasteiger partial charge on any atom is -0.496 e. The van der Waals surface area contributed by atoms with Crippen LogP contribution >= 0.6 is 22.9 Å². The van der Waals surface area contributed by atoms with Gasteiger partial charge in [-0.2, -0.15) is 13.2 Å². The minimum atomic E-state index is -4.68. The molecule has 0 saturated heterocycles. The molecular weight excluding hydrogens is 593 g/mol. The number of fused-ring (bicyclic) bond motifs is 1. The highest BCUT2D eigenvalue weighted by Crippen LogP contribution is 2.36. The first-order valence-electron chi connectivity index (χ1n) is 12.6. The van der Waals surface area contributed by atoms with E-state index in [9.17, 15) is 27.6 Å². The Morgan fingerprint density at radius 3 is 2.67 bits per heavy atom. The molecule has 8 nitrogen and oxygen atoms in total. The summed E-state index contributed by atoms with van der Waals surface area (Å²) in [5.41, 5.74) is 0.866. The Hall–Kier alpha value is -4.29. The monoisotopic (exact) mass is 614 g/mol. The van der Waals surface area contributed by atoms with E-state index >= 15 is 0 Å². The Morgan fingerprint density at radius 2 is 1.98 bits per heavy atom. The summed E-state index contributed by atoms with van der Waals surface area (Å²) in [6.07, 6.45) is -2.13. The number of halogens is 4. The van der Waals surface area contributed by atoms with E-state index < -0.39 is 29.4 Å². The van der Waals surface area contributed by atoms with Crippen molar-refractivity contribution < 1.29 is 32.3 Å². The number of aromatic nitrogens is 2. The van der Waals surface area contributed by atoms with Gasteiger partial charge in [0, 0.05) is 43.5 Å². The molecule has 1 unspecified atom stereocenters. The second-order valence-corrected chi connectivity index (χ2v) is 10.8. The van der Waals surface area contributed by atoms with Crippen LogP contribution in [0.3, 0.4) is 0 Å². The molecule has 0 aliphatic carbocycles. The fraction of sp³-hybridized carbons (Fsp3) is 0.207. The molecule has 0 spiro atoms. The van der Waals surface area contributed by atoms with Gasteiger partial charge < -0.3 is 15.0 Å². The average molecular weight is 615 g/mol. The molecule has 42 heavy (non-hydrogen) atoms. The number of thiophene rings is 1. The lowest BCUT2D eigenvalue weighted by atomic mass is 10.0. The van der Waals surface area contributed by atoms with Gasteiger partial charge in [0.05, 0.1) is 28.6 Å². The number of nitrogens with one attached hydrogen (secondary N) is 1. The molecule has 13 heteroatoms. The van der Waals surface area contributed by atoms with Crippen LogP contribution in [0.2, 0.25) is 5.02 Å². The number of hydrogen-bond donors (Lipinski definition) is 1. The number of ether oxygens (including phenoxy) is 1. The number of methoxy groups -OCH3 is 1. The van der Waals surface area contributed by atoms with Gasteiger partial charge in [-0.25, -0.2) is 4.98 Å². The van der Waals surface area contributed by atoms with Gasteiger partial charge >= 0.3 is 6.18 Å². The lowest BCUT2D eigenvalue weighted by Gasteiger charge is -2.29. The molecule has 1 atom stereocenters. The number of pyridine rings is 2. The molecule has 1 N–H and O–H groups in total. The van der Waals surface area contributed by atoms with Gasteiger partial charge in [-0.3, -0.25) is 19.4 Å². The number of nitrogens with zero attached hydrogens (tertiary/aromatic N) is 3. The SMILES string of the molecule is COc1cc(NC(=O)c2ccc(CN3C(=O)c4sccc4CC(=O)C3Cc3ccccn3)cc2Cl)ncc1C(F)(F)F. The van der Waals surface area contributed by atoms with Crippen molar-refractivity contribution in [3.8, 4) is 5.75 Å². The molecule has 4 heterocycles. The summed E-state index contributed by atoms with van der Waals surface area (Å²) in [4.78, 5) is 49.9. The summed E-state index contributed by atoms with van der Waals surface area (Å²) in [5, 5.41) is 4.23. The molecule has 0 saturated carbocycles. The highest BCUT2D eigenvalue weighted by Gasteiger charge is 2.37. The van der Waals surface area contributed by atoms with E-state index in [0.717, 1.165) is 13.2 Å². The van der Waals surface area contributed by atoms with Crippen LogP contribution in [0.5, 0.6) is 5.75 Å². The molecule has 0 radical (unpaired) electrons. The third-order valence-corrected chi connectivity index (χ3v) is 7.96. The molecule has 1 aliphatic rings. The molecule has 1 aromatic carbocycles. The lowest BCUT2D eigenvalue weighted by Crippen LogP contribution is -2.44. The fourth-order valence-electron chi connectivity index (χ4n) is 4.65. The van der Waals surface area contributed by atoms with Crippen LogP contribution in [0, 0.1) is 0 Å². The number of Topliss-reactive ketones (excluding diaryl/α,β-unsaturated/α-hetero) is 1. The molecular formula is C29H22ClF3N4O4S.